The van der Waals surface area contributed by atoms with Crippen molar-refractivity contribution in [2.75, 3.05) is 13.2 Å². The van der Waals surface area contributed by atoms with Crippen LogP contribution in [0, 0.1) is 0 Å². The van der Waals surface area contributed by atoms with Crippen molar-refractivity contribution in [3.05, 3.63) is 59.9 Å². The van der Waals surface area contributed by atoms with Crippen LogP contribution in [0.3, 0.4) is 0 Å². The molecule has 4 nitrogen and oxygen atoms in total. The molecule has 0 amide bonds. The SMILES string of the molecule is OCCCN(Cc1ccncc1)Cc1ccccc1O. The van der Waals surface area contributed by atoms with E-state index in [-0.39, 0.29) is 6.61 Å². The van der Waals surface area contributed by atoms with Crippen molar-refractivity contribution in [2.24, 2.45) is 0 Å². The topological polar surface area (TPSA) is 56.6 Å². The third-order valence-electron chi connectivity index (χ3n) is 3.17. The van der Waals surface area contributed by atoms with Gasteiger partial charge in [-0.3, -0.25) is 9.88 Å². The summed E-state index contributed by atoms with van der Waals surface area (Å²) >= 11 is 0. The number of hydrogen-bond donors (Lipinski definition) is 2. The number of benzene rings is 1. The number of rotatable bonds is 7. The van der Waals surface area contributed by atoms with Gasteiger partial charge in [-0.1, -0.05) is 18.2 Å². The summed E-state index contributed by atoms with van der Waals surface area (Å²) in [6, 6.07) is 11.3. The van der Waals surface area contributed by atoms with Crippen LogP contribution in [-0.4, -0.2) is 33.2 Å². The maximum Gasteiger partial charge on any atom is 0.120 e. The zero-order chi connectivity index (χ0) is 14.2. The first kappa shape index (κ1) is 14.5. The van der Waals surface area contributed by atoms with Crippen LogP contribution in [0.4, 0.5) is 0 Å². The molecule has 106 valence electrons. The third-order valence-corrected chi connectivity index (χ3v) is 3.17. The highest BCUT2D eigenvalue weighted by Gasteiger charge is 2.09. The minimum Gasteiger partial charge on any atom is -0.508 e. The van der Waals surface area contributed by atoms with Gasteiger partial charge in [0.15, 0.2) is 0 Å². The summed E-state index contributed by atoms with van der Waals surface area (Å²) in [5.74, 6) is 0.316. The van der Waals surface area contributed by atoms with Gasteiger partial charge in [0.2, 0.25) is 0 Å². The van der Waals surface area contributed by atoms with E-state index < -0.39 is 0 Å². The largest absolute Gasteiger partial charge is 0.508 e. The Morgan fingerprint density at radius 3 is 2.45 bits per heavy atom. The first-order valence-corrected chi connectivity index (χ1v) is 6.78. The van der Waals surface area contributed by atoms with Crippen LogP contribution in [0.5, 0.6) is 5.75 Å². The second kappa shape index (κ2) is 7.62. The molecule has 20 heavy (non-hydrogen) atoms. The molecule has 0 atom stereocenters. The number of phenolic OH excluding ortho intramolecular Hbond substituents is 1. The highest BCUT2D eigenvalue weighted by molar-refractivity contribution is 5.31. The molecule has 0 spiro atoms. The number of aliphatic hydroxyl groups is 1. The van der Waals surface area contributed by atoms with Gasteiger partial charge in [-0.2, -0.15) is 0 Å². The Bertz CT molecular complexity index is 517. The van der Waals surface area contributed by atoms with Crippen LogP contribution in [0.1, 0.15) is 17.5 Å². The van der Waals surface area contributed by atoms with Crippen molar-refractivity contribution in [1.82, 2.24) is 9.88 Å². The Labute approximate surface area is 119 Å². The predicted molar refractivity (Wildman–Crippen MR) is 78.2 cm³/mol. The predicted octanol–water partition coefficient (Wildman–Crippen LogP) is 2.17. The summed E-state index contributed by atoms with van der Waals surface area (Å²) in [5, 5.41) is 18.9. The van der Waals surface area contributed by atoms with E-state index in [1.165, 1.54) is 5.56 Å². The van der Waals surface area contributed by atoms with Crippen molar-refractivity contribution >= 4 is 0 Å². The van der Waals surface area contributed by atoms with Crippen molar-refractivity contribution in [1.29, 1.82) is 0 Å². The van der Waals surface area contributed by atoms with E-state index in [4.69, 9.17) is 5.11 Å². The summed E-state index contributed by atoms with van der Waals surface area (Å²) in [5.41, 5.74) is 2.08. The fourth-order valence-corrected chi connectivity index (χ4v) is 2.14. The van der Waals surface area contributed by atoms with E-state index in [0.29, 0.717) is 12.3 Å². The standard InChI is InChI=1S/C16H20N2O2/c19-11-3-10-18(12-14-6-8-17-9-7-14)13-15-4-1-2-5-16(15)20/h1-2,4-9,19-20H,3,10-13H2. The van der Waals surface area contributed by atoms with Crippen molar-refractivity contribution in [3.8, 4) is 5.75 Å². The number of nitrogens with zero attached hydrogens (tertiary/aromatic N) is 2. The smallest absolute Gasteiger partial charge is 0.120 e. The van der Waals surface area contributed by atoms with Crippen LogP contribution < -0.4 is 0 Å². The molecule has 2 N–H and O–H groups in total. The van der Waals surface area contributed by atoms with Gasteiger partial charge in [0, 0.05) is 44.2 Å². The summed E-state index contributed by atoms with van der Waals surface area (Å²) in [4.78, 5) is 6.22. The van der Waals surface area contributed by atoms with Crippen LogP contribution >= 0.6 is 0 Å². The normalized spacial score (nSPS) is 10.9. The van der Waals surface area contributed by atoms with E-state index in [9.17, 15) is 5.11 Å². The summed E-state index contributed by atoms with van der Waals surface area (Å²) in [6.07, 6.45) is 4.28. The number of aromatic hydroxyl groups is 1. The van der Waals surface area contributed by atoms with Crippen LogP contribution in [-0.2, 0) is 13.1 Å². The quantitative estimate of drug-likeness (QED) is 0.811. The molecule has 1 heterocycles. The molecule has 1 aromatic heterocycles. The van der Waals surface area contributed by atoms with Crippen molar-refractivity contribution in [3.63, 3.8) is 0 Å². The Morgan fingerprint density at radius 1 is 1.00 bits per heavy atom. The van der Waals surface area contributed by atoms with E-state index in [0.717, 1.165) is 25.1 Å². The molecule has 4 heteroatoms. The molecule has 0 bridgehead atoms. The number of phenols is 1. The molecule has 0 saturated heterocycles. The fourth-order valence-electron chi connectivity index (χ4n) is 2.14. The van der Waals surface area contributed by atoms with Gasteiger partial charge in [-0.05, 0) is 30.2 Å². The molecule has 0 fully saturated rings. The van der Waals surface area contributed by atoms with E-state index in [2.05, 4.69) is 9.88 Å². The second-order valence-corrected chi connectivity index (χ2v) is 4.77. The first-order valence-electron chi connectivity index (χ1n) is 6.78. The van der Waals surface area contributed by atoms with Gasteiger partial charge in [0.25, 0.3) is 0 Å². The monoisotopic (exact) mass is 272 g/mol. The van der Waals surface area contributed by atoms with Gasteiger partial charge in [0.05, 0.1) is 0 Å². The molecule has 0 saturated carbocycles. The molecule has 0 aliphatic heterocycles. The number of aliphatic hydroxyl groups excluding tert-OH is 1. The Kier molecular flexibility index (Phi) is 5.53. The molecular weight excluding hydrogens is 252 g/mol. The van der Waals surface area contributed by atoms with Crippen LogP contribution in [0.2, 0.25) is 0 Å². The molecule has 0 aliphatic carbocycles. The molecule has 0 radical (unpaired) electrons. The molecular formula is C16H20N2O2. The number of aromatic nitrogens is 1. The van der Waals surface area contributed by atoms with E-state index in [1.54, 1.807) is 18.5 Å². The average molecular weight is 272 g/mol. The van der Waals surface area contributed by atoms with Gasteiger partial charge >= 0.3 is 0 Å². The Morgan fingerprint density at radius 2 is 1.75 bits per heavy atom. The van der Waals surface area contributed by atoms with Gasteiger partial charge < -0.3 is 10.2 Å². The Hall–Kier alpha value is -1.91. The fraction of sp³-hybridized carbons (Fsp3) is 0.312. The first-order chi connectivity index (χ1) is 9.79. The zero-order valence-corrected chi connectivity index (χ0v) is 11.4. The van der Waals surface area contributed by atoms with E-state index >= 15 is 0 Å². The number of para-hydroxylation sites is 1. The molecule has 0 aliphatic rings. The van der Waals surface area contributed by atoms with Gasteiger partial charge in [-0.15, -0.1) is 0 Å². The summed E-state index contributed by atoms with van der Waals surface area (Å²) in [7, 11) is 0. The van der Waals surface area contributed by atoms with Crippen LogP contribution in [0.25, 0.3) is 0 Å². The lowest BCUT2D eigenvalue weighted by Gasteiger charge is -2.22. The highest BCUT2D eigenvalue weighted by Crippen LogP contribution is 2.19. The van der Waals surface area contributed by atoms with E-state index in [1.807, 2.05) is 30.3 Å². The molecule has 0 unspecified atom stereocenters. The third kappa shape index (κ3) is 4.33. The molecule has 2 aromatic rings. The highest BCUT2D eigenvalue weighted by atomic mass is 16.3. The van der Waals surface area contributed by atoms with Gasteiger partial charge in [-0.25, -0.2) is 0 Å². The maximum atomic E-state index is 9.86. The number of hydrogen-bond acceptors (Lipinski definition) is 4. The summed E-state index contributed by atoms with van der Waals surface area (Å²) in [6.45, 7) is 2.40. The lowest BCUT2D eigenvalue weighted by molar-refractivity contribution is 0.211. The lowest BCUT2D eigenvalue weighted by Crippen LogP contribution is -2.24. The maximum absolute atomic E-state index is 9.86. The minimum atomic E-state index is 0.174. The van der Waals surface area contributed by atoms with Crippen molar-refractivity contribution < 1.29 is 10.2 Å². The summed E-state index contributed by atoms with van der Waals surface area (Å²) < 4.78 is 0. The van der Waals surface area contributed by atoms with Crippen LogP contribution in [0.15, 0.2) is 48.8 Å². The van der Waals surface area contributed by atoms with Gasteiger partial charge in [0.1, 0.15) is 5.75 Å². The lowest BCUT2D eigenvalue weighted by atomic mass is 10.1. The number of pyridine rings is 1. The van der Waals surface area contributed by atoms with Crippen molar-refractivity contribution in [2.45, 2.75) is 19.5 Å². The average Bonchev–Trinajstić information content (AvgIpc) is 2.48. The Balaban J connectivity index is 2.05. The molecule has 1 aromatic carbocycles. The molecule has 2 rings (SSSR count). The zero-order valence-electron chi connectivity index (χ0n) is 11.4. The minimum absolute atomic E-state index is 0.174. The second-order valence-electron chi connectivity index (χ2n) is 4.77.